The molecular weight excluding hydrogens is 278 g/mol. The molecule has 0 saturated heterocycles. The Hall–Kier alpha value is -2.28. The van der Waals surface area contributed by atoms with Gasteiger partial charge in [-0.2, -0.15) is 10.1 Å². The summed E-state index contributed by atoms with van der Waals surface area (Å²) < 4.78 is 0. The van der Waals surface area contributed by atoms with Crippen molar-refractivity contribution in [3.05, 3.63) is 36.3 Å². The van der Waals surface area contributed by atoms with Crippen LogP contribution in [0.25, 0.3) is 0 Å². The second-order valence-corrected chi connectivity index (χ2v) is 5.40. The van der Waals surface area contributed by atoms with E-state index in [0.29, 0.717) is 5.95 Å². The monoisotopic (exact) mass is 301 g/mol. The van der Waals surface area contributed by atoms with E-state index < -0.39 is 0 Å². The van der Waals surface area contributed by atoms with E-state index in [-0.39, 0.29) is 0 Å². The van der Waals surface area contributed by atoms with Gasteiger partial charge in [0.25, 0.3) is 0 Å². The van der Waals surface area contributed by atoms with Gasteiger partial charge in [-0.3, -0.25) is 4.98 Å². The first kappa shape index (κ1) is 16.1. The topological polar surface area (TPSA) is 70.1 Å². The molecule has 0 aliphatic rings. The average Bonchev–Trinajstić information content (AvgIpc) is 2.53. The van der Waals surface area contributed by atoms with Gasteiger partial charge in [-0.15, -0.1) is 5.10 Å². The molecule has 22 heavy (non-hydrogen) atoms. The fraction of sp³-hybridized carbons (Fsp3) is 0.467. The van der Waals surface area contributed by atoms with E-state index in [1.54, 1.807) is 6.20 Å². The maximum Gasteiger partial charge on any atom is 0.247 e. The Morgan fingerprint density at radius 2 is 1.86 bits per heavy atom. The van der Waals surface area contributed by atoms with Crippen LogP contribution in [0.3, 0.4) is 0 Å². The third-order valence-electron chi connectivity index (χ3n) is 3.24. The lowest BCUT2D eigenvalue weighted by atomic mass is 10.2. The molecule has 2 rings (SSSR count). The zero-order valence-electron chi connectivity index (χ0n) is 13.4. The molecule has 1 N–H and O–H groups in total. The van der Waals surface area contributed by atoms with Gasteiger partial charge in [-0.25, -0.2) is 0 Å². The van der Waals surface area contributed by atoms with Gasteiger partial charge in [0.1, 0.15) is 0 Å². The average molecular weight is 301 g/mol. The molecule has 2 aromatic heterocycles. The molecule has 0 saturated carbocycles. The Morgan fingerprint density at radius 1 is 1.09 bits per heavy atom. The summed E-state index contributed by atoms with van der Waals surface area (Å²) in [5, 5.41) is 11.4. The predicted octanol–water partition coefficient (Wildman–Crippen LogP) is 0.919. The Bertz CT molecular complexity index is 559. The van der Waals surface area contributed by atoms with E-state index in [1.165, 1.54) is 5.56 Å². The highest BCUT2D eigenvalue weighted by Gasteiger charge is 2.06. The molecule has 0 amide bonds. The van der Waals surface area contributed by atoms with Crippen molar-refractivity contribution in [1.82, 2.24) is 25.1 Å². The summed E-state index contributed by atoms with van der Waals surface area (Å²) in [6.07, 6.45) is 6.18. The van der Waals surface area contributed by atoms with Gasteiger partial charge in [0.05, 0.1) is 6.20 Å². The van der Waals surface area contributed by atoms with Crippen LogP contribution in [0.4, 0.5) is 11.8 Å². The molecule has 0 unspecified atom stereocenters. The SMILES string of the molecule is CN(C)CCNc1cnnc(N(C)CCc2ccncc2)n1. The Balaban J connectivity index is 1.88. The van der Waals surface area contributed by atoms with Crippen molar-refractivity contribution in [2.24, 2.45) is 0 Å². The number of rotatable bonds is 8. The van der Waals surface area contributed by atoms with Gasteiger partial charge in [-0.05, 0) is 38.2 Å². The summed E-state index contributed by atoms with van der Waals surface area (Å²) >= 11 is 0. The van der Waals surface area contributed by atoms with Gasteiger partial charge in [0.15, 0.2) is 5.82 Å². The number of likely N-dealkylation sites (N-methyl/N-ethyl adjacent to an activating group) is 2. The van der Waals surface area contributed by atoms with Crippen LogP contribution in [0, 0.1) is 0 Å². The fourth-order valence-corrected chi connectivity index (χ4v) is 1.89. The van der Waals surface area contributed by atoms with Crippen molar-refractivity contribution in [2.75, 3.05) is 51.0 Å². The van der Waals surface area contributed by atoms with E-state index >= 15 is 0 Å². The lowest BCUT2D eigenvalue weighted by molar-refractivity contribution is 0.425. The minimum Gasteiger partial charge on any atom is -0.367 e. The predicted molar refractivity (Wildman–Crippen MR) is 88.1 cm³/mol. The molecule has 118 valence electrons. The van der Waals surface area contributed by atoms with Gasteiger partial charge in [-0.1, -0.05) is 0 Å². The lowest BCUT2D eigenvalue weighted by Crippen LogP contribution is -2.24. The van der Waals surface area contributed by atoms with Crippen molar-refractivity contribution in [1.29, 1.82) is 0 Å². The van der Waals surface area contributed by atoms with Crippen LogP contribution in [0.2, 0.25) is 0 Å². The molecule has 7 nitrogen and oxygen atoms in total. The van der Waals surface area contributed by atoms with Crippen molar-refractivity contribution in [3.63, 3.8) is 0 Å². The number of hydrogen-bond donors (Lipinski definition) is 1. The summed E-state index contributed by atoms with van der Waals surface area (Å²) in [5.74, 6) is 1.38. The minimum atomic E-state index is 0.629. The van der Waals surface area contributed by atoms with Crippen molar-refractivity contribution in [2.45, 2.75) is 6.42 Å². The Morgan fingerprint density at radius 3 is 2.59 bits per heavy atom. The maximum atomic E-state index is 4.49. The number of aromatic nitrogens is 4. The molecule has 2 aromatic rings. The van der Waals surface area contributed by atoms with E-state index in [4.69, 9.17) is 0 Å². The van der Waals surface area contributed by atoms with Crippen LogP contribution in [-0.2, 0) is 6.42 Å². The van der Waals surface area contributed by atoms with Crippen LogP contribution in [0.15, 0.2) is 30.7 Å². The number of nitrogens with one attached hydrogen (secondary N) is 1. The van der Waals surface area contributed by atoms with Gasteiger partial charge >= 0.3 is 0 Å². The van der Waals surface area contributed by atoms with E-state index in [1.807, 2.05) is 50.6 Å². The molecule has 0 atom stereocenters. The third-order valence-corrected chi connectivity index (χ3v) is 3.24. The summed E-state index contributed by atoms with van der Waals surface area (Å²) in [6, 6.07) is 4.04. The van der Waals surface area contributed by atoms with E-state index in [0.717, 1.165) is 31.9 Å². The van der Waals surface area contributed by atoms with Gasteiger partial charge in [0, 0.05) is 39.1 Å². The first-order valence-corrected chi connectivity index (χ1v) is 7.33. The largest absolute Gasteiger partial charge is 0.367 e. The first-order chi connectivity index (χ1) is 10.6. The van der Waals surface area contributed by atoms with E-state index in [9.17, 15) is 0 Å². The van der Waals surface area contributed by atoms with Crippen LogP contribution >= 0.6 is 0 Å². The minimum absolute atomic E-state index is 0.629. The first-order valence-electron chi connectivity index (χ1n) is 7.33. The van der Waals surface area contributed by atoms with Crippen molar-refractivity contribution >= 4 is 11.8 Å². The summed E-state index contributed by atoms with van der Waals surface area (Å²) in [6.45, 7) is 2.59. The molecule has 0 aliphatic heterocycles. The molecule has 0 aromatic carbocycles. The molecule has 2 heterocycles. The van der Waals surface area contributed by atoms with E-state index in [2.05, 4.69) is 30.4 Å². The Labute approximate surface area is 131 Å². The molecule has 0 spiro atoms. The van der Waals surface area contributed by atoms with Crippen molar-refractivity contribution < 1.29 is 0 Å². The number of pyridine rings is 1. The molecule has 0 bridgehead atoms. The zero-order chi connectivity index (χ0) is 15.8. The molecular formula is C15H23N7. The maximum absolute atomic E-state index is 4.49. The normalized spacial score (nSPS) is 10.7. The fourth-order valence-electron chi connectivity index (χ4n) is 1.89. The molecule has 0 fully saturated rings. The second-order valence-electron chi connectivity index (χ2n) is 5.40. The highest BCUT2D eigenvalue weighted by molar-refractivity contribution is 5.38. The number of nitrogens with zero attached hydrogens (tertiary/aromatic N) is 6. The molecule has 7 heteroatoms. The standard InChI is InChI=1S/C15H23N7/c1-21(2)11-9-17-14-12-18-20-15(19-14)22(3)10-6-13-4-7-16-8-5-13/h4-5,7-8,12H,6,9-11H2,1-3H3,(H,17,19,20). The second kappa shape index (κ2) is 8.23. The van der Waals surface area contributed by atoms with Gasteiger partial charge in [0.2, 0.25) is 5.95 Å². The van der Waals surface area contributed by atoms with Crippen molar-refractivity contribution in [3.8, 4) is 0 Å². The Kier molecular flexibility index (Phi) is 6.02. The molecule has 0 radical (unpaired) electrons. The quantitative estimate of drug-likeness (QED) is 0.777. The van der Waals surface area contributed by atoms with Gasteiger partial charge < -0.3 is 15.1 Å². The number of hydrogen-bond acceptors (Lipinski definition) is 7. The highest BCUT2D eigenvalue weighted by Crippen LogP contribution is 2.08. The van der Waals surface area contributed by atoms with Crippen LogP contribution in [-0.4, -0.2) is 65.8 Å². The third kappa shape index (κ3) is 5.25. The zero-order valence-corrected chi connectivity index (χ0v) is 13.4. The summed E-state index contributed by atoms with van der Waals surface area (Å²) in [4.78, 5) is 12.6. The van der Waals surface area contributed by atoms with Crippen LogP contribution < -0.4 is 10.2 Å². The number of anilines is 2. The smallest absolute Gasteiger partial charge is 0.247 e. The van der Waals surface area contributed by atoms with Crippen LogP contribution in [0.5, 0.6) is 0 Å². The van der Waals surface area contributed by atoms with Crippen LogP contribution in [0.1, 0.15) is 5.56 Å². The molecule has 0 aliphatic carbocycles. The lowest BCUT2D eigenvalue weighted by Gasteiger charge is -2.17. The summed E-state index contributed by atoms with van der Waals surface area (Å²) in [5.41, 5.74) is 1.25. The highest BCUT2D eigenvalue weighted by atomic mass is 15.3. The summed E-state index contributed by atoms with van der Waals surface area (Å²) in [7, 11) is 6.05.